The highest BCUT2D eigenvalue weighted by Gasteiger charge is 2.32. The van der Waals surface area contributed by atoms with E-state index in [0.29, 0.717) is 12.3 Å². The van der Waals surface area contributed by atoms with E-state index in [9.17, 15) is 13.2 Å². The van der Waals surface area contributed by atoms with Crippen LogP contribution in [0.2, 0.25) is 0 Å². The maximum atomic E-state index is 12.7. The Morgan fingerprint density at radius 1 is 1.12 bits per heavy atom. The molecule has 0 spiro atoms. The predicted molar refractivity (Wildman–Crippen MR) is 88.6 cm³/mol. The first kappa shape index (κ1) is 18.0. The SMILES string of the molecule is N#Cc1cccc(N2CCC(COc3cccc(C(F)(F)F)n3)CC2)n1. The molecule has 0 unspecified atom stereocenters. The number of piperidine rings is 1. The maximum absolute atomic E-state index is 12.7. The minimum atomic E-state index is -4.48. The molecule has 26 heavy (non-hydrogen) atoms. The highest BCUT2D eigenvalue weighted by molar-refractivity contribution is 5.41. The highest BCUT2D eigenvalue weighted by atomic mass is 19.4. The van der Waals surface area contributed by atoms with Gasteiger partial charge in [0.2, 0.25) is 5.88 Å². The molecule has 5 nitrogen and oxygen atoms in total. The van der Waals surface area contributed by atoms with Crippen LogP contribution in [0.5, 0.6) is 5.88 Å². The van der Waals surface area contributed by atoms with Crippen LogP contribution in [0.25, 0.3) is 0 Å². The van der Waals surface area contributed by atoms with Crippen LogP contribution >= 0.6 is 0 Å². The third kappa shape index (κ3) is 4.42. The normalized spacial score (nSPS) is 15.5. The Morgan fingerprint density at radius 2 is 1.85 bits per heavy atom. The van der Waals surface area contributed by atoms with Gasteiger partial charge in [-0.15, -0.1) is 0 Å². The molecule has 0 N–H and O–H groups in total. The summed E-state index contributed by atoms with van der Waals surface area (Å²) in [5, 5.41) is 8.93. The standard InChI is InChI=1S/C18H17F3N4O/c19-18(20,21)15-4-2-6-17(24-15)26-12-13-7-9-25(10-8-13)16-5-1-3-14(11-22)23-16/h1-6,13H,7-10,12H2. The van der Waals surface area contributed by atoms with E-state index in [0.717, 1.165) is 37.8 Å². The fourth-order valence-corrected chi connectivity index (χ4v) is 2.85. The Bertz CT molecular complexity index is 796. The number of rotatable bonds is 4. The summed E-state index contributed by atoms with van der Waals surface area (Å²) >= 11 is 0. The molecule has 0 radical (unpaired) electrons. The zero-order valence-corrected chi connectivity index (χ0v) is 13.9. The molecule has 2 aromatic heterocycles. The molecule has 0 atom stereocenters. The number of alkyl halides is 3. The van der Waals surface area contributed by atoms with Gasteiger partial charge in [0, 0.05) is 19.2 Å². The number of aromatic nitrogens is 2. The quantitative estimate of drug-likeness (QED) is 0.831. The molecule has 0 saturated carbocycles. The molecule has 3 rings (SSSR count). The first-order chi connectivity index (χ1) is 12.5. The number of pyridine rings is 2. The fourth-order valence-electron chi connectivity index (χ4n) is 2.85. The van der Waals surface area contributed by atoms with E-state index in [1.165, 1.54) is 12.1 Å². The van der Waals surface area contributed by atoms with E-state index in [4.69, 9.17) is 10.00 Å². The zero-order chi connectivity index (χ0) is 18.6. The van der Waals surface area contributed by atoms with Gasteiger partial charge < -0.3 is 9.64 Å². The van der Waals surface area contributed by atoms with E-state index < -0.39 is 11.9 Å². The Balaban J connectivity index is 1.52. The average molecular weight is 362 g/mol. The zero-order valence-electron chi connectivity index (χ0n) is 13.9. The first-order valence-electron chi connectivity index (χ1n) is 8.25. The van der Waals surface area contributed by atoms with Crippen molar-refractivity contribution in [2.45, 2.75) is 19.0 Å². The molecule has 0 amide bonds. The summed E-state index contributed by atoms with van der Waals surface area (Å²) in [5.41, 5.74) is -0.572. The van der Waals surface area contributed by atoms with Gasteiger partial charge in [0.05, 0.1) is 6.61 Å². The third-order valence-corrected chi connectivity index (χ3v) is 4.27. The lowest BCUT2D eigenvalue weighted by Crippen LogP contribution is -2.36. The van der Waals surface area contributed by atoms with Crippen molar-refractivity contribution in [3.8, 4) is 11.9 Å². The molecule has 0 bridgehead atoms. The lowest BCUT2D eigenvalue weighted by Gasteiger charge is -2.32. The van der Waals surface area contributed by atoms with Crippen molar-refractivity contribution in [2.75, 3.05) is 24.6 Å². The van der Waals surface area contributed by atoms with Crippen LogP contribution in [-0.2, 0) is 6.18 Å². The largest absolute Gasteiger partial charge is 0.477 e. The summed E-state index contributed by atoms with van der Waals surface area (Å²) in [6, 6.07) is 11.0. The Kier molecular flexibility index (Phi) is 5.26. The summed E-state index contributed by atoms with van der Waals surface area (Å²) in [6.45, 7) is 1.84. The van der Waals surface area contributed by atoms with Gasteiger partial charge in [-0.2, -0.15) is 18.4 Å². The summed E-state index contributed by atoms with van der Waals surface area (Å²) in [6.07, 6.45) is -2.81. The minimum Gasteiger partial charge on any atom is -0.477 e. The molecule has 136 valence electrons. The van der Waals surface area contributed by atoms with Crippen molar-refractivity contribution in [1.29, 1.82) is 5.26 Å². The average Bonchev–Trinajstić information content (AvgIpc) is 2.66. The summed E-state index contributed by atoms with van der Waals surface area (Å²) in [7, 11) is 0. The second-order valence-electron chi connectivity index (χ2n) is 6.09. The number of hydrogen-bond acceptors (Lipinski definition) is 5. The van der Waals surface area contributed by atoms with Gasteiger partial charge in [0.1, 0.15) is 23.3 Å². The topological polar surface area (TPSA) is 62.0 Å². The molecule has 1 aliphatic heterocycles. The summed E-state index contributed by atoms with van der Waals surface area (Å²) < 4.78 is 43.5. The molecule has 1 saturated heterocycles. The number of ether oxygens (including phenoxy) is 1. The monoisotopic (exact) mass is 362 g/mol. The number of halogens is 3. The van der Waals surface area contributed by atoms with Crippen molar-refractivity contribution >= 4 is 5.82 Å². The van der Waals surface area contributed by atoms with Crippen LogP contribution < -0.4 is 9.64 Å². The second-order valence-corrected chi connectivity index (χ2v) is 6.09. The fraction of sp³-hybridized carbons (Fsp3) is 0.389. The van der Waals surface area contributed by atoms with Crippen LogP contribution in [0.3, 0.4) is 0 Å². The number of nitrogens with zero attached hydrogens (tertiary/aromatic N) is 4. The van der Waals surface area contributed by atoms with Gasteiger partial charge in [-0.05, 0) is 37.0 Å². The Hall–Kier alpha value is -2.82. The van der Waals surface area contributed by atoms with E-state index in [2.05, 4.69) is 14.9 Å². The van der Waals surface area contributed by atoms with Crippen molar-refractivity contribution in [3.63, 3.8) is 0 Å². The molecule has 1 aliphatic rings. The van der Waals surface area contributed by atoms with Crippen LogP contribution in [0, 0.1) is 17.2 Å². The smallest absolute Gasteiger partial charge is 0.433 e. The molecule has 0 aromatic carbocycles. The predicted octanol–water partition coefficient (Wildman–Crippen LogP) is 3.66. The van der Waals surface area contributed by atoms with E-state index in [1.807, 2.05) is 12.1 Å². The van der Waals surface area contributed by atoms with Crippen molar-refractivity contribution in [1.82, 2.24) is 9.97 Å². The minimum absolute atomic E-state index is 0.00866. The van der Waals surface area contributed by atoms with Gasteiger partial charge in [-0.1, -0.05) is 12.1 Å². The van der Waals surface area contributed by atoms with Crippen molar-refractivity contribution in [2.24, 2.45) is 5.92 Å². The van der Waals surface area contributed by atoms with Crippen molar-refractivity contribution < 1.29 is 17.9 Å². The molecular formula is C18H17F3N4O. The van der Waals surface area contributed by atoms with Crippen molar-refractivity contribution in [3.05, 3.63) is 47.8 Å². The van der Waals surface area contributed by atoms with Crippen LogP contribution in [0.15, 0.2) is 36.4 Å². The van der Waals surface area contributed by atoms with E-state index in [1.54, 1.807) is 12.1 Å². The van der Waals surface area contributed by atoms with Gasteiger partial charge in [0.15, 0.2) is 0 Å². The Labute approximate surface area is 149 Å². The third-order valence-electron chi connectivity index (χ3n) is 4.27. The van der Waals surface area contributed by atoms with Gasteiger partial charge in [0.25, 0.3) is 0 Å². The lowest BCUT2D eigenvalue weighted by molar-refractivity contribution is -0.141. The molecule has 3 heterocycles. The first-order valence-corrected chi connectivity index (χ1v) is 8.25. The molecule has 2 aromatic rings. The molecule has 1 fully saturated rings. The number of hydrogen-bond donors (Lipinski definition) is 0. The van der Waals surface area contributed by atoms with Gasteiger partial charge >= 0.3 is 6.18 Å². The Morgan fingerprint density at radius 3 is 2.54 bits per heavy atom. The lowest BCUT2D eigenvalue weighted by atomic mass is 9.98. The molecular weight excluding hydrogens is 345 g/mol. The maximum Gasteiger partial charge on any atom is 0.433 e. The summed E-state index contributed by atoms with van der Waals surface area (Å²) in [4.78, 5) is 9.89. The molecule has 8 heteroatoms. The van der Waals surface area contributed by atoms with E-state index in [-0.39, 0.29) is 11.8 Å². The van der Waals surface area contributed by atoms with Gasteiger partial charge in [-0.25, -0.2) is 9.97 Å². The van der Waals surface area contributed by atoms with Crippen LogP contribution in [-0.4, -0.2) is 29.7 Å². The number of anilines is 1. The molecule has 0 aliphatic carbocycles. The van der Waals surface area contributed by atoms with Crippen LogP contribution in [0.1, 0.15) is 24.2 Å². The van der Waals surface area contributed by atoms with E-state index >= 15 is 0 Å². The summed E-state index contributed by atoms with van der Waals surface area (Å²) in [5.74, 6) is 0.996. The van der Waals surface area contributed by atoms with Crippen LogP contribution in [0.4, 0.5) is 19.0 Å². The van der Waals surface area contributed by atoms with Gasteiger partial charge in [-0.3, -0.25) is 0 Å². The highest BCUT2D eigenvalue weighted by Crippen LogP contribution is 2.29. The number of nitriles is 1. The second kappa shape index (κ2) is 7.60.